The Morgan fingerprint density at radius 1 is 1.35 bits per heavy atom. The predicted octanol–water partition coefficient (Wildman–Crippen LogP) is 3.22. The van der Waals surface area contributed by atoms with Gasteiger partial charge in [-0.1, -0.05) is 13.8 Å². The van der Waals surface area contributed by atoms with Gasteiger partial charge in [0.2, 0.25) is 0 Å². The standard InChI is InChI=1S/C14H15NO2/c1-3-13-12(6-9-17-13)14(16)10(2)11-4-7-15-8-5-11/h4-10H,3H2,1-2H3. The van der Waals surface area contributed by atoms with Crippen molar-refractivity contribution in [2.45, 2.75) is 26.2 Å². The molecular formula is C14H15NO2. The Morgan fingerprint density at radius 2 is 2.06 bits per heavy atom. The second-order valence-electron chi connectivity index (χ2n) is 3.98. The number of aromatic nitrogens is 1. The van der Waals surface area contributed by atoms with Crippen molar-refractivity contribution in [3.05, 3.63) is 53.7 Å². The summed E-state index contributed by atoms with van der Waals surface area (Å²) in [5.74, 6) is 0.693. The quantitative estimate of drug-likeness (QED) is 0.756. The molecule has 88 valence electrons. The van der Waals surface area contributed by atoms with E-state index in [0.29, 0.717) is 5.56 Å². The minimum absolute atomic E-state index is 0.0989. The third-order valence-corrected chi connectivity index (χ3v) is 2.93. The van der Waals surface area contributed by atoms with E-state index in [2.05, 4.69) is 4.98 Å². The first-order valence-electron chi connectivity index (χ1n) is 5.74. The van der Waals surface area contributed by atoms with Crippen molar-refractivity contribution in [2.75, 3.05) is 0 Å². The summed E-state index contributed by atoms with van der Waals surface area (Å²) in [6.45, 7) is 3.89. The van der Waals surface area contributed by atoms with Gasteiger partial charge in [0.25, 0.3) is 0 Å². The monoisotopic (exact) mass is 229 g/mol. The summed E-state index contributed by atoms with van der Waals surface area (Å²) in [7, 11) is 0. The van der Waals surface area contributed by atoms with Gasteiger partial charge in [-0.05, 0) is 23.8 Å². The molecule has 2 aromatic heterocycles. The van der Waals surface area contributed by atoms with E-state index in [1.165, 1.54) is 0 Å². The number of ketones is 1. The molecule has 1 atom stereocenters. The highest BCUT2D eigenvalue weighted by molar-refractivity contribution is 6.01. The number of nitrogens with zero attached hydrogens (tertiary/aromatic N) is 1. The number of Topliss-reactive ketones (excluding diaryl/α,β-unsaturated/α-hetero) is 1. The number of pyridine rings is 1. The number of carbonyl (C=O) groups excluding carboxylic acids is 1. The Balaban J connectivity index is 2.27. The molecule has 17 heavy (non-hydrogen) atoms. The predicted molar refractivity (Wildman–Crippen MR) is 65.1 cm³/mol. The van der Waals surface area contributed by atoms with Gasteiger partial charge in [0.05, 0.1) is 11.8 Å². The average molecular weight is 229 g/mol. The van der Waals surface area contributed by atoms with Crippen molar-refractivity contribution in [1.29, 1.82) is 0 Å². The lowest BCUT2D eigenvalue weighted by molar-refractivity contribution is 0.0964. The van der Waals surface area contributed by atoms with Crippen LogP contribution in [0.1, 0.15) is 41.4 Å². The van der Waals surface area contributed by atoms with Crippen LogP contribution in [0.4, 0.5) is 0 Å². The Kier molecular flexibility index (Phi) is 3.38. The van der Waals surface area contributed by atoms with Crippen LogP contribution >= 0.6 is 0 Å². The second-order valence-corrected chi connectivity index (χ2v) is 3.98. The van der Waals surface area contributed by atoms with Crippen molar-refractivity contribution in [3.8, 4) is 0 Å². The van der Waals surface area contributed by atoms with Gasteiger partial charge in [-0.3, -0.25) is 9.78 Å². The molecule has 0 aliphatic heterocycles. The zero-order valence-electron chi connectivity index (χ0n) is 10.0. The maximum absolute atomic E-state index is 12.3. The van der Waals surface area contributed by atoms with Crippen LogP contribution in [0.5, 0.6) is 0 Å². The van der Waals surface area contributed by atoms with Crippen LogP contribution in [0.25, 0.3) is 0 Å². The molecule has 0 aliphatic carbocycles. The minimum Gasteiger partial charge on any atom is -0.469 e. The van der Waals surface area contributed by atoms with Gasteiger partial charge >= 0.3 is 0 Å². The number of carbonyl (C=O) groups is 1. The van der Waals surface area contributed by atoms with Crippen molar-refractivity contribution < 1.29 is 9.21 Å². The maximum atomic E-state index is 12.3. The van der Waals surface area contributed by atoms with E-state index in [4.69, 9.17) is 4.42 Å². The molecule has 0 radical (unpaired) electrons. The molecule has 0 amide bonds. The van der Waals surface area contributed by atoms with Crippen molar-refractivity contribution in [1.82, 2.24) is 4.98 Å². The van der Waals surface area contributed by atoms with E-state index in [-0.39, 0.29) is 11.7 Å². The number of hydrogen-bond acceptors (Lipinski definition) is 3. The summed E-state index contributed by atoms with van der Waals surface area (Å²) >= 11 is 0. The van der Waals surface area contributed by atoms with Gasteiger partial charge in [0.1, 0.15) is 5.76 Å². The molecular weight excluding hydrogens is 214 g/mol. The van der Waals surface area contributed by atoms with E-state index >= 15 is 0 Å². The molecule has 3 nitrogen and oxygen atoms in total. The van der Waals surface area contributed by atoms with Gasteiger partial charge in [0.15, 0.2) is 5.78 Å². The van der Waals surface area contributed by atoms with E-state index in [0.717, 1.165) is 17.7 Å². The Morgan fingerprint density at radius 3 is 2.71 bits per heavy atom. The van der Waals surface area contributed by atoms with Gasteiger partial charge < -0.3 is 4.42 Å². The molecule has 2 aromatic rings. The van der Waals surface area contributed by atoms with Gasteiger partial charge in [-0.15, -0.1) is 0 Å². The van der Waals surface area contributed by atoms with Crippen molar-refractivity contribution >= 4 is 5.78 Å². The lowest BCUT2D eigenvalue weighted by Gasteiger charge is -2.09. The van der Waals surface area contributed by atoms with E-state index < -0.39 is 0 Å². The first-order chi connectivity index (χ1) is 8.24. The normalized spacial score (nSPS) is 12.4. The first kappa shape index (κ1) is 11.6. The zero-order valence-corrected chi connectivity index (χ0v) is 10.0. The Hall–Kier alpha value is -1.90. The second kappa shape index (κ2) is 4.95. The molecule has 3 heteroatoms. The van der Waals surface area contributed by atoms with Crippen LogP contribution < -0.4 is 0 Å². The van der Waals surface area contributed by atoms with Crippen LogP contribution in [0, 0.1) is 0 Å². The Labute approximate surface area is 100 Å². The molecule has 1 unspecified atom stereocenters. The van der Waals surface area contributed by atoms with Crippen molar-refractivity contribution in [2.24, 2.45) is 0 Å². The topological polar surface area (TPSA) is 43.1 Å². The average Bonchev–Trinajstić information content (AvgIpc) is 2.86. The number of aryl methyl sites for hydroxylation is 1. The molecule has 0 spiro atoms. The summed E-state index contributed by atoms with van der Waals surface area (Å²) in [5.41, 5.74) is 1.67. The van der Waals surface area contributed by atoms with E-state index in [1.54, 1.807) is 24.7 Å². The fourth-order valence-electron chi connectivity index (χ4n) is 1.87. The third-order valence-electron chi connectivity index (χ3n) is 2.93. The molecule has 0 aliphatic rings. The largest absolute Gasteiger partial charge is 0.469 e. The summed E-state index contributed by atoms with van der Waals surface area (Å²) in [5, 5.41) is 0. The van der Waals surface area contributed by atoms with E-state index in [1.807, 2.05) is 26.0 Å². The lowest BCUT2D eigenvalue weighted by Crippen LogP contribution is -2.10. The number of furan rings is 1. The summed E-state index contributed by atoms with van der Waals surface area (Å²) in [6.07, 6.45) is 5.72. The molecule has 2 heterocycles. The van der Waals surface area contributed by atoms with Gasteiger partial charge in [-0.2, -0.15) is 0 Å². The highest BCUT2D eigenvalue weighted by atomic mass is 16.3. The zero-order chi connectivity index (χ0) is 12.3. The molecule has 0 fully saturated rings. The van der Waals surface area contributed by atoms with Crippen LogP contribution in [0.15, 0.2) is 41.3 Å². The maximum Gasteiger partial charge on any atom is 0.173 e. The fraction of sp³-hybridized carbons (Fsp3) is 0.286. The fourth-order valence-corrected chi connectivity index (χ4v) is 1.87. The molecule has 0 aromatic carbocycles. The molecule has 0 bridgehead atoms. The highest BCUT2D eigenvalue weighted by Crippen LogP contribution is 2.22. The van der Waals surface area contributed by atoms with Gasteiger partial charge in [-0.25, -0.2) is 0 Å². The molecule has 0 saturated carbocycles. The summed E-state index contributed by atoms with van der Waals surface area (Å²) < 4.78 is 5.29. The van der Waals surface area contributed by atoms with Crippen LogP contribution in [0.3, 0.4) is 0 Å². The highest BCUT2D eigenvalue weighted by Gasteiger charge is 2.20. The minimum atomic E-state index is -0.166. The molecule has 0 N–H and O–H groups in total. The van der Waals surface area contributed by atoms with Crippen LogP contribution in [0.2, 0.25) is 0 Å². The molecule has 0 saturated heterocycles. The smallest absolute Gasteiger partial charge is 0.173 e. The Bertz CT molecular complexity index is 502. The third kappa shape index (κ3) is 2.28. The van der Waals surface area contributed by atoms with Crippen LogP contribution in [-0.2, 0) is 6.42 Å². The van der Waals surface area contributed by atoms with E-state index in [9.17, 15) is 4.79 Å². The number of hydrogen-bond donors (Lipinski definition) is 0. The number of rotatable bonds is 4. The van der Waals surface area contributed by atoms with Gasteiger partial charge in [0, 0.05) is 24.7 Å². The van der Waals surface area contributed by atoms with Crippen molar-refractivity contribution in [3.63, 3.8) is 0 Å². The summed E-state index contributed by atoms with van der Waals surface area (Å²) in [4.78, 5) is 16.3. The van der Waals surface area contributed by atoms with Crippen LogP contribution in [-0.4, -0.2) is 10.8 Å². The first-order valence-corrected chi connectivity index (χ1v) is 5.74. The summed E-state index contributed by atoms with van der Waals surface area (Å²) in [6, 6.07) is 5.49. The lowest BCUT2D eigenvalue weighted by atomic mass is 9.93. The SMILES string of the molecule is CCc1occc1C(=O)C(C)c1ccncc1. The molecule has 2 rings (SSSR count).